The van der Waals surface area contributed by atoms with Crippen molar-refractivity contribution in [3.63, 3.8) is 0 Å². The summed E-state index contributed by atoms with van der Waals surface area (Å²) in [7, 11) is -2.91. The van der Waals surface area contributed by atoms with E-state index in [4.69, 9.17) is 31.0 Å². The number of anilines is 1. The molecular weight excluding hydrogens is 881 g/mol. The van der Waals surface area contributed by atoms with Crippen molar-refractivity contribution in [2.45, 2.75) is 141 Å². The summed E-state index contributed by atoms with van der Waals surface area (Å²) in [5.41, 5.74) is 0.712. The number of nitrogens with one attached hydrogen (secondary N) is 1. The predicted octanol–water partition coefficient (Wildman–Crippen LogP) is 11.4. The number of ether oxygens (including phenoxy) is 2. The molecule has 4 aromatic rings. The molecule has 4 heterocycles. The number of fused-ring (bicyclic) bond motifs is 3. The van der Waals surface area contributed by atoms with Gasteiger partial charge in [-0.25, -0.2) is 18.7 Å². The van der Waals surface area contributed by atoms with Crippen LogP contribution in [0.25, 0.3) is 22.3 Å². The van der Waals surface area contributed by atoms with Crippen molar-refractivity contribution in [2.24, 2.45) is 17.3 Å². The van der Waals surface area contributed by atoms with Gasteiger partial charge in [-0.1, -0.05) is 70.5 Å². The minimum absolute atomic E-state index is 0.00898. The molecular formula is C48H60ClF2N4O7PS. The predicted molar refractivity (Wildman–Crippen MR) is 248 cm³/mol. The number of hydrogen-bond donors (Lipinski definition) is 2. The molecule has 0 radical (unpaired) electrons. The Hall–Kier alpha value is -3.97. The minimum Gasteiger partial charge on any atom is -0.495 e. The van der Waals surface area contributed by atoms with Gasteiger partial charge < -0.3 is 24.6 Å². The van der Waals surface area contributed by atoms with Crippen molar-refractivity contribution in [1.82, 2.24) is 14.9 Å². The lowest BCUT2D eigenvalue weighted by Crippen LogP contribution is -2.45. The van der Waals surface area contributed by atoms with Crippen molar-refractivity contribution in [3.05, 3.63) is 64.0 Å². The van der Waals surface area contributed by atoms with Gasteiger partial charge in [0.15, 0.2) is 10.9 Å². The van der Waals surface area contributed by atoms with Crippen LogP contribution < -0.4 is 14.8 Å². The summed E-state index contributed by atoms with van der Waals surface area (Å²) in [5.74, 6) is -2.79. The molecule has 2 unspecified atom stereocenters. The van der Waals surface area contributed by atoms with Crippen LogP contribution in [-0.2, 0) is 25.1 Å². The number of carbonyl (C=O) groups excluding carboxylic acids is 3. The molecule has 0 spiro atoms. The van der Waals surface area contributed by atoms with Crippen LogP contribution in [0.5, 0.6) is 11.5 Å². The number of benzene rings is 2. The molecule has 1 aliphatic carbocycles. The number of methoxy groups -OCH3 is 1. The minimum atomic E-state index is -4.42. The van der Waals surface area contributed by atoms with Gasteiger partial charge in [0.05, 0.1) is 42.2 Å². The Balaban J connectivity index is 1.26. The summed E-state index contributed by atoms with van der Waals surface area (Å²) >= 11 is 8.31. The molecule has 11 nitrogen and oxygen atoms in total. The molecule has 16 heteroatoms. The second kappa shape index (κ2) is 19.5. The maximum atomic E-state index is 15.0. The van der Waals surface area contributed by atoms with Gasteiger partial charge in [-0.3, -0.25) is 18.9 Å². The summed E-state index contributed by atoms with van der Waals surface area (Å²) in [6.45, 7) is 9.99. The van der Waals surface area contributed by atoms with Crippen LogP contribution in [0.2, 0.25) is 5.02 Å². The molecule has 64 heavy (non-hydrogen) atoms. The van der Waals surface area contributed by atoms with E-state index in [0.29, 0.717) is 58.2 Å². The zero-order chi connectivity index (χ0) is 46.1. The van der Waals surface area contributed by atoms with Crippen LogP contribution in [0.15, 0.2) is 41.8 Å². The zero-order valence-corrected chi connectivity index (χ0v) is 40.0. The molecule has 2 N–H and O–H groups in total. The monoisotopic (exact) mass is 940 g/mol. The Morgan fingerprint density at radius 1 is 1.05 bits per heavy atom. The van der Waals surface area contributed by atoms with Gasteiger partial charge in [0, 0.05) is 60.0 Å². The van der Waals surface area contributed by atoms with E-state index < -0.39 is 59.7 Å². The number of thiazole rings is 1. The second-order valence-corrected chi connectivity index (χ2v) is 23.4. The Bertz CT molecular complexity index is 2420. The first kappa shape index (κ1) is 48.0. The van der Waals surface area contributed by atoms with E-state index in [-0.39, 0.29) is 66.3 Å². The normalized spacial score (nSPS) is 24.4. The molecule has 2 aromatic carbocycles. The summed E-state index contributed by atoms with van der Waals surface area (Å²) in [6.07, 6.45) is 3.97. The highest BCUT2D eigenvalue weighted by Gasteiger charge is 2.66. The number of rotatable bonds is 12. The molecule has 0 bridgehead atoms. The fraction of sp³-hybridized carbons (Fsp3) is 0.562. The highest BCUT2D eigenvalue weighted by molar-refractivity contribution is 7.59. The van der Waals surface area contributed by atoms with Crippen molar-refractivity contribution < 1.29 is 42.1 Å². The Morgan fingerprint density at radius 3 is 2.44 bits per heavy atom. The van der Waals surface area contributed by atoms with E-state index in [2.05, 4.69) is 5.32 Å². The maximum Gasteiger partial charge on any atom is 0.226 e. The van der Waals surface area contributed by atoms with E-state index in [0.717, 1.165) is 44.2 Å². The number of ketones is 2. The van der Waals surface area contributed by atoms with Gasteiger partial charge in [-0.2, -0.15) is 0 Å². The SMILES string of the molecule is COc1ccc2c(O[C@@H]3C[C@H]4C(=O)C[C@]5(P(=O)(O)Cc6c(F)cccc6F)C[C@H]5CCCCCCCC(CC(=O)CC(C)(C)C)C(=O)N4C3)cc(-c3csc(NC(C)C)n3)nc2c1Cl. The van der Waals surface area contributed by atoms with E-state index in [1.807, 2.05) is 40.0 Å². The standard InChI is InChI=1S/C48H60ClF2N4O7PS/c1-28(2)52-46-54-38(27-64-46)37-21-42(33-17-18-41(61-6)43(49)44(33)53-37)62-32-20-39-40(57)24-48(63(59,60)26-34-35(50)15-12-16-36(34)51)22-30(48)14-11-9-7-8-10-13-29(45(58)55(39)25-32)19-31(56)23-47(3,4)5/h12,15-18,21,27-30,32,39H,7-11,13-14,19-20,22-26H2,1-6H3,(H,52,54)(H,59,60)/t29?,30-,32-,39+,48-/m1/s1. The van der Waals surface area contributed by atoms with E-state index in [1.165, 1.54) is 29.4 Å². The average molecular weight is 942 g/mol. The maximum absolute atomic E-state index is 15.0. The van der Waals surface area contributed by atoms with E-state index >= 15 is 0 Å². The molecule has 2 saturated heterocycles. The van der Waals surface area contributed by atoms with Gasteiger partial charge in [-0.05, 0) is 68.7 Å². The lowest BCUT2D eigenvalue weighted by Gasteiger charge is -2.30. The van der Waals surface area contributed by atoms with Crippen molar-refractivity contribution in [2.75, 3.05) is 19.0 Å². The number of pyridine rings is 1. The first-order valence-corrected chi connectivity index (χ1v) is 25.6. The summed E-state index contributed by atoms with van der Waals surface area (Å²) < 4.78 is 56.9. The summed E-state index contributed by atoms with van der Waals surface area (Å²) in [4.78, 5) is 66.5. The van der Waals surface area contributed by atoms with Crippen LogP contribution >= 0.6 is 30.3 Å². The number of Topliss-reactive ketones (excluding diaryl/α,β-unsaturated/α-hetero) is 2. The third-order valence-electron chi connectivity index (χ3n) is 12.9. The Labute approximate surface area is 383 Å². The van der Waals surface area contributed by atoms with Crippen LogP contribution in [0.3, 0.4) is 0 Å². The molecule has 1 saturated carbocycles. The first-order valence-electron chi connectivity index (χ1n) is 22.4. The topological polar surface area (TPSA) is 148 Å². The van der Waals surface area contributed by atoms with Crippen molar-refractivity contribution in [1.29, 1.82) is 0 Å². The fourth-order valence-electron chi connectivity index (χ4n) is 9.69. The third kappa shape index (κ3) is 10.7. The number of carbonyl (C=O) groups is 3. The van der Waals surface area contributed by atoms with E-state index in [1.54, 1.807) is 18.2 Å². The highest BCUT2D eigenvalue weighted by Crippen LogP contribution is 2.75. The lowest BCUT2D eigenvalue weighted by molar-refractivity contribution is -0.143. The third-order valence-corrected chi connectivity index (χ3v) is 16.9. The van der Waals surface area contributed by atoms with Crippen LogP contribution in [0, 0.1) is 28.9 Å². The molecule has 346 valence electrons. The van der Waals surface area contributed by atoms with Gasteiger partial charge in [0.25, 0.3) is 0 Å². The van der Waals surface area contributed by atoms with Gasteiger partial charge in [0.1, 0.15) is 45.7 Å². The number of halogens is 3. The Kier molecular flexibility index (Phi) is 14.6. The van der Waals surface area contributed by atoms with Crippen LogP contribution in [0.1, 0.15) is 117 Å². The molecule has 6 atom stereocenters. The molecule has 3 fully saturated rings. The summed E-state index contributed by atoms with van der Waals surface area (Å²) in [6, 6.07) is 7.69. The first-order chi connectivity index (χ1) is 30.3. The molecule has 2 aliphatic heterocycles. The summed E-state index contributed by atoms with van der Waals surface area (Å²) in [5, 5.41) is 5.33. The number of amides is 1. The van der Waals surface area contributed by atoms with Gasteiger partial charge >= 0.3 is 0 Å². The van der Waals surface area contributed by atoms with Crippen molar-refractivity contribution >= 4 is 63.8 Å². The number of hydrogen-bond acceptors (Lipinski definition) is 10. The van der Waals surface area contributed by atoms with Crippen LogP contribution in [0.4, 0.5) is 13.9 Å². The van der Waals surface area contributed by atoms with E-state index in [9.17, 15) is 32.6 Å². The second-order valence-electron chi connectivity index (χ2n) is 19.5. The Morgan fingerprint density at radius 2 is 1.75 bits per heavy atom. The average Bonchev–Trinajstić information content (AvgIpc) is 3.49. The number of nitrogens with zero attached hydrogens (tertiary/aromatic N) is 3. The number of aromatic nitrogens is 2. The smallest absolute Gasteiger partial charge is 0.226 e. The van der Waals surface area contributed by atoms with Crippen LogP contribution in [-0.4, -0.2) is 74.2 Å². The fourth-order valence-corrected chi connectivity index (χ4v) is 13.5. The highest BCUT2D eigenvalue weighted by atomic mass is 35.5. The van der Waals surface area contributed by atoms with Gasteiger partial charge in [-0.15, -0.1) is 11.3 Å². The molecule has 3 aliphatic rings. The van der Waals surface area contributed by atoms with Crippen molar-refractivity contribution in [3.8, 4) is 22.9 Å². The lowest BCUT2D eigenvalue weighted by atomic mass is 9.85. The zero-order valence-electron chi connectivity index (χ0n) is 37.6. The van der Waals surface area contributed by atoms with Gasteiger partial charge in [0.2, 0.25) is 13.3 Å². The molecule has 2 aromatic heterocycles. The molecule has 1 amide bonds. The largest absolute Gasteiger partial charge is 0.495 e. The molecule has 7 rings (SSSR count). The quantitative estimate of drug-likeness (QED) is 0.132.